The molecule has 0 saturated heterocycles. The summed E-state index contributed by atoms with van der Waals surface area (Å²) < 4.78 is 0. The lowest BCUT2D eigenvalue weighted by Gasteiger charge is -2.15. The van der Waals surface area contributed by atoms with Gasteiger partial charge in [0.05, 0.1) is 0 Å². The lowest BCUT2D eigenvalue weighted by Crippen LogP contribution is -2.04. The Morgan fingerprint density at radius 3 is 2.35 bits per heavy atom. The minimum absolute atomic E-state index is 0.412. The van der Waals surface area contributed by atoms with Gasteiger partial charge in [0, 0.05) is 17.2 Å². The zero-order chi connectivity index (χ0) is 12.4. The van der Waals surface area contributed by atoms with Gasteiger partial charge in [0.1, 0.15) is 0 Å². The van der Waals surface area contributed by atoms with Crippen LogP contribution in [0.25, 0.3) is 11.1 Å². The molecule has 17 heavy (non-hydrogen) atoms. The number of H-pyrrole nitrogens is 1. The van der Waals surface area contributed by atoms with Crippen LogP contribution < -0.4 is 5.73 Å². The van der Waals surface area contributed by atoms with Gasteiger partial charge in [0.15, 0.2) is 5.82 Å². The molecule has 0 aliphatic rings. The summed E-state index contributed by atoms with van der Waals surface area (Å²) in [6.07, 6.45) is 0. The molecule has 3 N–H and O–H groups in total. The van der Waals surface area contributed by atoms with Crippen molar-refractivity contribution in [2.75, 3.05) is 5.73 Å². The van der Waals surface area contributed by atoms with Gasteiger partial charge < -0.3 is 5.73 Å². The number of aromatic nitrogens is 2. The standard InChI is InChI=1S/C14H19N3/c1-9(2)10(3)13-12(14(15)17-16-13)11-7-5-4-6-8-11/h4-10H,1-3H3,(H3,15,16,17). The summed E-state index contributed by atoms with van der Waals surface area (Å²) in [7, 11) is 0. The van der Waals surface area contributed by atoms with Crippen molar-refractivity contribution in [2.45, 2.75) is 26.7 Å². The molecule has 1 aromatic heterocycles. The minimum Gasteiger partial charge on any atom is -0.382 e. The van der Waals surface area contributed by atoms with Crippen molar-refractivity contribution in [3.05, 3.63) is 36.0 Å². The van der Waals surface area contributed by atoms with E-state index in [1.807, 2.05) is 18.2 Å². The Kier molecular flexibility index (Phi) is 3.18. The van der Waals surface area contributed by atoms with Gasteiger partial charge in [-0.3, -0.25) is 5.10 Å². The molecule has 1 unspecified atom stereocenters. The Morgan fingerprint density at radius 2 is 1.76 bits per heavy atom. The second-order valence-corrected chi connectivity index (χ2v) is 4.80. The van der Waals surface area contributed by atoms with Crippen molar-refractivity contribution in [1.29, 1.82) is 0 Å². The van der Waals surface area contributed by atoms with Crippen LogP contribution >= 0.6 is 0 Å². The lowest BCUT2D eigenvalue weighted by molar-refractivity contribution is 0.523. The number of benzene rings is 1. The third-order valence-electron chi connectivity index (χ3n) is 3.34. The Morgan fingerprint density at radius 1 is 1.12 bits per heavy atom. The molecule has 1 aromatic carbocycles. The van der Waals surface area contributed by atoms with Gasteiger partial charge in [-0.2, -0.15) is 5.10 Å². The maximum Gasteiger partial charge on any atom is 0.153 e. The number of nitrogens with two attached hydrogens (primary N) is 1. The van der Waals surface area contributed by atoms with Crippen molar-refractivity contribution < 1.29 is 0 Å². The van der Waals surface area contributed by atoms with Crippen LogP contribution in [0.15, 0.2) is 30.3 Å². The molecule has 0 radical (unpaired) electrons. The molecule has 0 aliphatic heterocycles. The largest absolute Gasteiger partial charge is 0.382 e. The van der Waals surface area contributed by atoms with Crippen LogP contribution in [0.1, 0.15) is 32.4 Å². The summed E-state index contributed by atoms with van der Waals surface area (Å²) in [4.78, 5) is 0. The molecule has 2 rings (SSSR count). The molecule has 0 fully saturated rings. The highest BCUT2D eigenvalue weighted by atomic mass is 15.2. The van der Waals surface area contributed by atoms with E-state index in [9.17, 15) is 0 Å². The Labute approximate surface area is 102 Å². The number of aromatic amines is 1. The molecule has 0 amide bonds. The van der Waals surface area contributed by atoms with Crippen molar-refractivity contribution in [3.8, 4) is 11.1 Å². The predicted molar refractivity (Wildman–Crippen MR) is 71.7 cm³/mol. The molecule has 2 aromatic rings. The maximum absolute atomic E-state index is 5.97. The van der Waals surface area contributed by atoms with Crippen molar-refractivity contribution in [1.82, 2.24) is 10.2 Å². The third-order valence-corrected chi connectivity index (χ3v) is 3.34. The number of nitrogens with one attached hydrogen (secondary N) is 1. The number of anilines is 1. The Bertz CT molecular complexity index is 485. The van der Waals surface area contributed by atoms with E-state index < -0.39 is 0 Å². The Balaban J connectivity index is 2.51. The molecule has 1 heterocycles. The number of nitrogen functional groups attached to an aromatic ring is 1. The van der Waals surface area contributed by atoms with Crippen LogP contribution in [-0.2, 0) is 0 Å². The van der Waals surface area contributed by atoms with Crippen LogP contribution in [0, 0.1) is 5.92 Å². The van der Waals surface area contributed by atoms with E-state index in [1.165, 1.54) is 0 Å². The summed E-state index contributed by atoms with van der Waals surface area (Å²) in [6.45, 7) is 6.61. The highest BCUT2D eigenvalue weighted by molar-refractivity contribution is 5.76. The topological polar surface area (TPSA) is 54.7 Å². The molecule has 0 aliphatic carbocycles. The second-order valence-electron chi connectivity index (χ2n) is 4.80. The number of nitrogens with zero attached hydrogens (tertiary/aromatic N) is 1. The third kappa shape index (κ3) is 2.18. The van der Waals surface area contributed by atoms with Crippen molar-refractivity contribution in [3.63, 3.8) is 0 Å². The van der Waals surface area contributed by atoms with Gasteiger partial charge in [-0.15, -0.1) is 0 Å². The summed E-state index contributed by atoms with van der Waals surface area (Å²) in [5.74, 6) is 1.55. The van der Waals surface area contributed by atoms with Gasteiger partial charge in [-0.25, -0.2) is 0 Å². The molecule has 90 valence electrons. The molecular formula is C14H19N3. The Hall–Kier alpha value is -1.77. The smallest absolute Gasteiger partial charge is 0.153 e. The molecule has 0 saturated carbocycles. The number of hydrogen-bond acceptors (Lipinski definition) is 2. The minimum atomic E-state index is 0.412. The second kappa shape index (κ2) is 4.62. The normalized spacial score (nSPS) is 12.9. The highest BCUT2D eigenvalue weighted by Crippen LogP contribution is 2.34. The van der Waals surface area contributed by atoms with Crippen molar-refractivity contribution >= 4 is 5.82 Å². The van der Waals surface area contributed by atoms with Gasteiger partial charge >= 0.3 is 0 Å². The predicted octanol–water partition coefficient (Wildman–Crippen LogP) is 3.42. The van der Waals surface area contributed by atoms with Gasteiger partial charge in [0.25, 0.3) is 0 Å². The van der Waals surface area contributed by atoms with Crippen LogP contribution in [0.4, 0.5) is 5.82 Å². The SMILES string of the molecule is CC(C)C(C)c1[nH]nc(N)c1-c1ccccc1. The average molecular weight is 229 g/mol. The highest BCUT2D eigenvalue weighted by Gasteiger charge is 2.20. The van der Waals surface area contributed by atoms with E-state index in [0.717, 1.165) is 16.8 Å². The van der Waals surface area contributed by atoms with Gasteiger partial charge in [0.2, 0.25) is 0 Å². The number of rotatable bonds is 3. The average Bonchev–Trinajstić information content (AvgIpc) is 2.71. The van der Waals surface area contributed by atoms with Gasteiger partial charge in [-0.05, 0) is 11.5 Å². The molecule has 3 nitrogen and oxygen atoms in total. The fourth-order valence-electron chi connectivity index (χ4n) is 1.94. The quantitative estimate of drug-likeness (QED) is 0.847. The van der Waals surface area contributed by atoms with Crippen LogP contribution in [-0.4, -0.2) is 10.2 Å². The summed E-state index contributed by atoms with van der Waals surface area (Å²) in [5, 5.41) is 7.23. The first-order valence-corrected chi connectivity index (χ1v) is 6.00. The molecule has 0 spiro atoms. The first-order chi connectivity index (χ1) is 8.11. The van der Waals surface area contributed by atoms with E-state index in [2.05, 4.69) is 43.1 Å². The fraction of sp³-hybridized carbons (Fsp3) is 0.357. The van der Waals surface area contributed by atoms with E-state index in [1.54, 1.807) is 0 Å². The summed E-state index contributed by atoms with van der Waals surface area (Å²) in [5.41, 5.74) is 9.27. The first-order valence-electron chi connectivity index (χ1n) is 6.00. The maximum atomic E-state index is 5.97. The van der Waals surface area contributed by atoms with E-state index in [4.69, 9.17) is 5.73 Å². The van der Waals surface area contributed by atoms with E-state index >= 15 is 0 Å². The molecular weight excluding hydrogens is 210 g/mol. The van der Waals surface area contributed by atoms with Crippen molar-refractivity contribution in [2.24, 2.45) is 5.92 Å². The summed E-state index contributed by atoms with van der Waals surface area (Å²) in [6, 6.07) is 10.2. The monoisotopic (exact) mass is 229 g/mol. The zero-order valence-electron chi connectivity index (χ0n) is 10.6. The molecule has 0 bridgehead atoms. The number of hydrogen-bond donors (Lipinski definition) is 2. The summed E-state index contributed by atoms with van der Waals surface area (Å²) >= 11 is 0. The lowest BCUT2D eigenvalue weighted by atomic mass is 9.90. The van der Waals surface area contributed by atoms with Crippen LogP contribution in [0.2, 0.25) is 0 Å². The van der Waals surface area contributed by atoms with Crippen LogP contribution in [0.3, 0.4) is 0 Å². The van der Waals surface area contributed by atoms with E-state index in [-0.39, 0.29) is 0 Å². The van der Waals surface area contributed by atoms with Gasteiger partial charge in [-0.1, -0.05) is 51.1 Å². The fourth-order valence-corrected chi connectivity index (χ4v) is 1.94. The zero-order valence-corrected chi connectivity index (χ0v) is 10.6. The molecule has 3 heteroatoms. The van der Waals surface area contributed by atoms with Crippen LogP contribution in [0.5, 0.6) is 0 Å². The molecule has 1 atom stereocenters. The first kappa shape index (κ1) is 11.7. The van der Waals surface area contributed by atoms with E-state index in [0.29, 0.717) is 17.7 Å².